The molecule has 0 aliphatic heterocycles. The predicted octanol–water partition coefficient (Wildman–Crippen LogP) is 2.79. The first-order chi connectivity index (χ1) is 9.67. The number of hydrogen-bond donors (Lipinski definition) is 2. The van der Waals surface area contributed by atoms with E-state index >= 15 is 0 Å². The van der Waals surface area contributed by atoms with Crippen LogP contribution in [-0.4, -0.2) is 17.6 Å². The van der Waals surface area contributed by atoms with Crippen LogP contribution in [0.4, 0.5) is 0 Å². The van der Waals surface area contributed by atoms with Crippen molar-refractivity contribution in [1.82, 2.24) is 5.32 Å². The zero-order valence-electron chi connectivity index (χ0n) is 12.3. The average molecular weight is 273 g/mol. The monoisotopic (exact) mass is 273 g/mol. The molecule has 1 aromatic carbocycles. The lowest BCUT2D eigenvalue weighted by Gasteiger charge is -2.14. The quantitative estimate of drug-likeness (QED) is 0.618. The highest BCUT2D eigenvalue weighted by atomic mass is 16.2. The summed E-state index contributed by atoms with van der Waals surface area (Å²) in [5.74, 6) is 5.59. The molecule has 0 aromatic heterocycles. The van der Waals surface area contributed by atoms with Crippen LogP contribution in [0.1, 0.15) is 56.7 Å². The summed E-state index contributed by atoms with van der Waals surface area (Å²) in [5, 5.41) is 11.7. The van der Waals surface area contributed by atoms with Crippen molar-refractivity contribution in [2.45, 2.75) is 45.6 Å². The Morgan fingerprint density at radius 2 is 2.20 bits per heavy atom. The van der Waals surface area contributed by atoms with Crippen molar-refractivity contribution in [2.75, 3.05) is 6.61 Å². The molecule has 3 nitrogen and oxygen atoms in total. The molecule has 3 heteroatoms. The Labute approximate surface area is 121 Å². The minimum absolute atomic E-state index is 0.0278. The average Bonchev–Trinajstić information content (AvgIpc) is 2.45. The molecular formula is C17H23NO2. The normalized spacial score (nSPS) is 11.3. The standard InChI is InChI=1S/C17H23NO2/c1-3-4-5-11-17(20)18-14(2)16-10-6-8-15(13-16)9-7-12-19/h6,8,10,13-14,19H,3-5,11-12H2,1-2H3,(H,18,20). The van der Waals surface area contributed by atoms with Gasteiger partial charge in [-0.25, -0.2) is 0 Å². The number of benzene rings is 1. The molecule has 0 saturated carbocycles. The highest BCUT2D eigenvalue weighted by molar-refractivity contribution is 5.76. The molecule has 1 aromatic rings. The number of hydrogen-bond acceptors (Lipinski definition) is 2. The molecule has 2 N–H and O–H groups in total. The number of aliphatic hydroxyl groups excluding tert-OH is 1. The van der Waals surface area contributed by atoms with E-state index in [-0.39, 0.29) is 18.6 Å². The second-order valence-corrected chi connectivity index (χ2v) is 4.83. The summed E-state index contributed by atoms with van der Waals surface area (Å²) in [6.07, 6.45) is 3.74. The van der Waals surface area contributed by atoms with Gasteiger partial charge in [-0.2, -0.15) is 0 Å². The van der Waals surface area contributed by atoms with E-state index < -0.39 is 0 Å². The van der Waals surface area contributed by atoms with Crippen LogP contribution in [0.3, 0.4) is 0 Å². The highest BCUT2D eigenvalue weighted by Crippen LogP contribution is 2.14. The van der Waals surface area contributed by atoms with Crippen molar-refractivity contribution in [3.05, 3.63) is 35.4 Å². The molecule has 108 valence electrons. The van der Waals surface area contributed by atoms with E-state index in [0.29, 0.717) is 6.42 Å². The van der Waals surface area contributed by atoms with E-state index in [1.165, 1.54) is 0 Å². The van der Waals surface area contributed by atoms with Gasteiger partial charge in [-0.1, -0.05) is 43.7 Å². The summed E-state index contributed by atoms with van der Waals surface area (Å²) in [6, 6.07) is 7.69. The first-order valence-electron chi connectivity index (χ1n) is 7.16. The summed E-state index contributed by atoms with van der Waals surface area (Å²) >= 11 is 0. The van der Waals surface area contributed by atoms with Gasteiger partial charge in [0.05, 0.1) is 6.04 Å². The smallest absolute Gasteiger partial charge is 0.220 e. The molecule has 1 amide bonds. The summed E-state index contributed by atoms with van der Waals surface area (Å²) in [7, 11) is 0. The van der Waals surface area contributed by atoms with Gasteiger partial charge in [-0.05, 0) is 31.0 Å². The van der Waals surface area contributed by atoms with Gasteiger partial charge >= 0.3 is 0 Å². The summed E-state index contributed by atoms with van der Waals surface area (Å²) in [6.45, 7) is 3.95. The van der Waals surface area contributed by atoms with Crippen LogP contribution in [0.25, 0.3) is 0 Å². The van der Waals surface area contributed by atoms with Crippen LogP contribution in [0.5, 0.6) is 0 Å². The Kier molecular flexibility index (Phi) is 7.46. The van der Waals surface area contributed by atoms with Crippen molar-refractivity contribution in [3.8, 4) is 11.8 Å². The fourth-order valence-electron chi connectivity index (χ4n) is 1.96. The number of unbranched alkanes of at least 4 members (excludes halogenated alkanes) is 2. The molecule has 1 atom stereocenters. The minimum Gasteiger partial charge on any atom is -0.384 e. The van der Waals surface area contributed by atoms with Gasteiger partial charge in [0.25, 0.3) is 0 Å². The van der Waals surface area contributed by atoms with Crippen molar-refractivity contribution >= 4 is 5.91 Å². The molecule has 1 unspecified atom stereocenters. The zero-order valence-corrected chi connectivity index (χ0v) is 12.3. The topological polar surface area (TPSA) is 49.3 Å². The number of carbonyl (C=O) groups is 1. The minimum atomic E-state index is -0.145. The molecule has 0 radical (unpaired) electrons. The van der Waals surface area contributed by atoms with Crippen LogP contribution < -0.4 is 5.32 Å². The first-order valence-corrected chi connectivity index (χ1v) is 7.16. The largest absolute Gasteiger partial charge is 0.384 e. The number of amides is 1. The second kappa shape index (κ2) is 9.17. The third kappa shape index (κ3) is 5.90. The maximum absolute atomic E-state index is 11.8. The van der Waals surface area contributed by atoms with E-state index in [2.05, 4.69) is 24.1 Å². The molecule has 0 saturated heterocycles. The molecule has 1 rings (SSSR count). The predicted molar refractivity (Wildman–Crippen MR) is 81.1 cm³/mol. The molecule has 0 fully saturated rings. The molecule has 20 heavy (non-hydrogen) atoms. The van der Waals surface area contributed by atoms with Gasteiger partial charge in [0.2, 0.25) is 5.91 Å². The fraction of sp³-hybridized carbons (Fsp3) is 0.471. The summed E-state index contributed by atoms with van der Waals surface area (Å²) in [5.41, 5.74) is 1.88. The number of rotatable bonds is 6. The Hall–Kier alpha value is -1.79. The molecular weight excluding hydrogens is 250 g/mol. The van der Waals surface area contributed by atoms with E-state index in [9.17, 15) is 4.79 Å². The van der Waals surface area contributed by atoms with Crippen molar-refractivity contribution < 1.29 is 9.90 Å². The SMILES string of the molecule is CCCCCC(=O)NC(C)c1cccc(C#CCO)c1. The van der Waals surface area contributed by atoms with Crippen LogP contribution in [0.2, 0.25) is 0 Å². The van der Waals surface area contributed by atoms with Gasteiger partial charge < -0.3 is 10.4 Å². The fourth-order valence-corrected chi connectivity index (χ4v) is 1.96. The van der Waals surface area contributed by atoms with Crippen molar-refractivity contribution in [2.24, 2.45) is 0 Å². The number of aliphatic hydroxyl groups is 1. The van der Waals surface area contributed by atoms with E-state index in [4.69, 9.17) is 5.11 Å². The number of nitrogens with one attached hydrogen (secondary N) is 1. The third-order valence-electron chi connectivity index (χ3n) is 3.08. The van der Waals surface area contributed by atoms with Crippen molar-refractivity contribution in [1.29, 1.82) is 0 Å². The first kappa shape index (κ1) is 16.3. The lowest BCUT2D eigenvalue weighted by atomic mass is 10.0. The van der Waals surface area contributed by atoms with Crippen LogP contribution in [-0.2, 0) is 4.79 Å². The molecule has 0 heterocycles. The third-order valence-corrected chi connectivity index (χ3v) is 3.08. The van der Waals surface area contributed by atoms with Gasteiger partial charge in [0.15, 0.2) is 0 Å². The van der Waals surface area contributed by atoms with E-state index in [1.807, 2.05) is 31.2 Å². The molecule has 0 aliphatic rings. The summed E-state index contributed by atoms with van der Waals surface area (Å²) in [4.78, 5) is 11.8. The molecule has 0 bridgehead atoms. The lowest BCUT2D eigenvalue weighted by molar-refractivity contribution is -0.121. The zero-order chi connectivity index (χ0) is 14.8. The highest BCUT2D eigenvalue weighted by Gasteiger charge is 2.09. The van der Waals surface area contributed by atoms with Crippen LogP contribution in [0.15, 0.2) is 24.3 Å². The Morgan fingerprint density at radius 1 is 1.40 bits per heavy atom. The second-order valence-electron chi connectivity index (χ2n) is 4.83. The van der Waals surface area contributed by atoms with Gasteiger partial charge in [-0.3, -0.25) is 4.79 Å². The Morgan fingerprint density at radius 3 is 2.90 bits per heavy atom. The van der Waals surface area contributed by atoms with E-state index in [0.717, 1.165) is 30.4 Å². The Balaban J connectivity index is 2.58. The molecule has 0 spiro atoms. The summed E-state index contributed by atoms with van der Waals surface area (Å²) < 4.78 is 0. The van der Waals surface area contributed by atoms with E-state index in [1.54, 1.807) is 0 Å². The maximum Gasteiger partial charge on any atom is 0.220 e. The Bertz CT molecular complexity index is 485. The maximum atomic E-state index is 11.8. The molecule has 0 aliphatic carbocycles. The van der Waals surface area contributed by atoms with Crippen molar-refractivity contribution in [3.63, 3.8) is 0 Å². The van der Waals surface area contributed by atoms with Gasteiger partial charge in [0, 0.05) is 12.0 Å². The van der Waals surface area contributed by atoms with Gasteiger partial charge in [-0.15, -0.1) is 0 Å². The number of carbonyl (C=O) groups excluding carboxylic acids is 1. The lowest BCUT2D eigenvalue weighted by Crippen LogP contribution is -2.26. The van der Waals surface area contributed by atoms with Gasteiger partial charge in [0.1, 0.15) is 6.61 Å². The van der Waals surface area contributed by atoms with Crippen LogP contribution >= 0.6 is 0 Å². The van der Waals surface area contributed by atoms with Crippen LogP contribution in [0, 0.1) is 11.8 Å².